The van der Waals surface area contributed by atoms with E-state index in [9.17, 15) is 0 Å². The van der Waals surface area contributed by atoms with E-state index in [1.54, 1.807) is 11.1 Å². The lowest BCUT2D eigenvalue weighted by atomic mass is 9.38. The smallest absolute Gasteiger partial charge is 0.0719 e. The van der Waals surface area contributed by atoms with E-state index in [0.29, 0.717) is 11.8 Å². The van der Waals surface area contributed by atoms with Gasteiger partial charge < -0.3 is 4.90 Å². The summed E-state index contributed by atoms with van der Waals surface area (Å²) in [4.78, 5) is 2.48. The fourth-order valence-electron chi connectivity index (χ4n) is 15.4. The first-order valence-electron chi connectivity index (χ1n) is 25.1. The molecule has 10 aromatic carbocycles. The molecular formula is C67H51N. The molecule has 0 saturated heterocycles. The van der Waals surface area contributed by atoms with Gasteiger partial charge in [0.1, 0.15) is 0 Å². The molecule has 68 heavy (non-hydrogen) atoms. The molecule has 324 valence electrons. The van der Waals surface area contributed by atoms with Gasteiger partial charge in [0.2, 0.25) is 0 Å². The van der Waals surface area contributed by atoms with Crippen LogP contribution < -0.4 is 4.90 Å². The molecule has 0 aliphatic heterocycles. The van der Waals surface area contributed by atoms with Crippen LogP contribution in [-0.4, -0.2) is 0 Å². The van der Waals surface area contributed by atoms with Gasteiger partial charge in [0.25, 0.3) is 0 Å². The molecule has 2 spiro atoms. The fraction of sp³-hybridized carbons (Fsp3) is 0.164. The van der Waals surface area contributed by atoms with Crippen molar-refractivity contribution in [1.29, 1.82) is 0 Å². The van der Waals surface area contributed by atoms with E-state index >= 15 is 0 Å². The van der Waals surface area contributed by atoms with Crippen LogP contribution in [0.5, 0.6) is 0 Å². The summed E-state index contributed by atoms with van der Waals surface area (Å²) >= 11 is 0. The number of fused-ring (bicyclic) bond motifs is 11. The SMILES string of the molecule is c1cc(-c2ccc3c(c2)C2(c4ccccc4C34c3ccccc3-c3ccccc34)C3CC4CC(C3)CC2C4)cc(N(c2ccc(-c3cccc4ccccc34)cc2)c2cccc3ccccc23)c1. The Hall–Kier alpha value is -7.48. The molecule has 0 radical (unpaired) electrons. The molecule has 10 aromatic rings. The first kappa shape index (κ1) is 38.6. The summed E-state index contributed by atoms with van der Waals surface area (Å²) in [5, 5.41) is 5.00. The Morgan fingerprint density at radius 1 is 0.324 bits per heavy atom. The van der Waals surface area contributed by atoms with Crippen molar-refractivity contribution in [1.82, 2.24) is 0 Å². The topological polar surface area (TPSA) is 3.24 Å². The van der Waals surface area contributed by atoms with Gasteiger partial charge in [-0.05, 0) is 175 Å². The number of nitrogens with zero attached hydrogens (tertiary/aromatic N) is 1. The van der Waals surface area contributed by atoms with E-state index < -0.39 is 0 Å². The summed E-state index contributed by atoms with van der Waals surface area (Å²) in [7, 11) is 0. The average molecular weight is 870 g/mol. The van der Waals surface area contributed by atoms with Gasteiger partial charge in [-0.3, -0.25) is 0 Å². The van der Waals surface area contributed by atoms with Crippen molar-refractivity contribution in [3.05, 3.63) is 258 Å². The van der Waals surface area contributed by atoms with E-state index in [4.69, 9.17) is 0 Å². The molecular weight excluding hydrogens is 819 g/mol. The van der Waals surface area contributed by atoms with E-state index in [2.05, 4.69) is 229 Å². The second-order valence-electron chi connectivity index (χ2n) is 20.8. The molecule has 1 nitrogen and oxygen atoms in total. The van der Waals surface area contributed by atoms with Crippen molar-refractivity contribution in [2.24, 2.45) is 23.7 Å². The number of hydrogen-bond acceptors (Lipinski definition) is 1. The van der Waals surface area contributed by atoms with E-state index in [0.717, 1.165) is 23.2 Å². The molecule has 16 rings (SSSR count). The van der Waals surface area contributed by atoms with E-state index in [-0.39, 0.29) is 10.8 Å². The summed E-state index contributed by atoms with van der Waals surface area (Å²) in [6, 6.07) is 85.8. The van der Waals surface area contributed by atoms with Gasteiger partial charge in [0.15, 0.2) is 0 Å². The van der Waals surface area contributed by atoms with Crippen molar-refractivity contribution in [3.8, 4) is 33.4 Å². The molecule has 0 N–H and O–H groups in total. The van der Waals surface area contributed by atoms with Gasteiger partial charge in [-0.25, -0.2) is 0 Å². The third kappa shape index (κ3) is 5.22. The molecule has 1 heteroatoms. The zero-order valence-electron chi connectivity index (χ0n) is 38.2. The van der Waals surface area contributed by atoms with Crippen molar-refractivity contribution >= 4 is 38.6 Å². The molecule has 0 unspecified atom stereocenters. The van der Waals surface area contributed by atoms with E-state index in [1.807, 2.05) is 0 Å². The largest absolute Gasteiger partial charge is 0.310 e. The third-order valence-electron chi connectivity index (χ3n) is 17.7. The molecule has 4 bridgehead atoms. The van der Waals surface area contributed by atoms with Gasteiger partial charge in [-0.1, -0.05) is 188 Å². The summed E-state index contributed by atoms with van der Waals surface area (Å²) in [5.41, 5.74) is 19.9. The Morgan fingerprint density at radius 3 is 1.56 bits per heavy atom. The molecule has 0 heterocycles. The lowest BCUT2D eigenvalue weighted by Crippen LogP contribution is -2.59. The Kier molecular flexibility index (Phi) is 8.24. The van der Waals surface area contributed by atoms with Crippen LogP contribution in [0.25, 0.3) is 54.9 Å². The molecule has 4 saturated carbocycles. The zero-order chi connectivity index (χ0) is 44.6. The normalized spacial score (nSPS) is 22.0. The minimum Gasteiger partial charge on any atom is -0.310 e. The first-order chi connectivity index (χ1) is 33.7. The second kappa shape index (κ2) is 14.5. The molecule has 0 atom stereocenters. The summed E-state index contributed by atoms with van der Waals surface area (Å²) in [6.45, 7) is 0. The van der Waals surface area contributed by atoms with Gasteiger partial charge in [-0.15, -0.1) is 0 Å². The Morgan fingerprint density at radius 2 is 0.838 bits per heavy atom. The van der Waals surface area contributed by atoms with Crippen LogP contribution >= 0.6 is 0 Å². The van der Waals surface area contributed by atoms with Crippen molar-refractivity contribution in [2.75, 3.05) is 4.90 Å². The highest BCUT2D eigenvalue weighted by molar-refractivity contribution is 6.00. The van der Waals surface area contributed by atoms with Crippen LogP contribution in [0, 0.1) is 23.7 Å². The monoisotopic (exact) mass is 869 g/mol. The summed E-state index contributed by atoms with van der Waals surface area (Å²) in [6.07, 6.45) is 6.83. The zero-order valence-corrected chi connectivity index (χ0v) is 38.2. The van der Waals surface area contributed by atoms with Gasteiger partial charge in [0, 0.05) is 22.2 Å². The standard InChI is InChI=1S/C67H51N/c1-3-20-54-45(14-1)16-12-24-55(54)47-30-33-52(34-31-47)68(65-29-13-17-46-15-2-4-21-56(46)65)53-19-11-18-48(41-53)49-32-35-63-64(42-49)66(50-37-43-36-44(39-50)40-51(66)38-43)61-27-9-10-28-62(61)67(63)59-25-7-5-22-57(59)58-23-6-8-26-60(58)67/h1-35,41-44,50-51H,36-40H2. The predicted molar refractivity (Wildman–Crippen MR) is 282 cm³/mol. The predicted octanol–water partition coefficient (Wildman–Crippen LogP) is 17.2. The molecule has 0 aromatic heterocycles. The Bertz CT molecular complexity index is 3580. The number of rotatable bonds is 5. The minimum absolute atomic E-state index is 0.0223. The second-order valence-corrected chi connectivity index (χ2v) is 20.8. The third-order valence-corrected chi connectivity index (χ3v) is 17.7. The van der Waals surface area contributed by atoms with Crippen LogP contribution in [0.1, 0.15) is 65.5 Å². The van der Waals surface area contributed by atoms with Crippen LogP contribution in [0.15, 0.2) is 224 Å². The quantitative estimate of drug-likeness (QED) is 0.167. The highest BCUT2D eigenvalue weighted by Gasteiger charge is 2.64. The maximum Gasteiger partial charge on any atom is 0.0719 e. The van der Waals surface area contributed by atoms with Crippen LogP contribution in [0.4, 0.5) is 17.1 Å². The molecule has 4 fully saturated rings. The number of anilines is 3. The Labute approximate surface area is 399 Å². The lowest BCUT2D eigenvalue weighted by molar-refractivity contribution is -0.0440. The van der Waals surface area contributed by atoms with Gasteiger partial charge >= 0.3 is 0 Å². The summed E-state index contributed by atoms with van der Waals surface area (Å²) < 4.78 is 0. The maximum atomic E-state index is 2.71. The number of benzene rings is 10. The minimum atomic E-state index is -0.386. The maximum absolute atomic E-state index is 2.71. The van der Waals surface area contributed by atoms with E-state index in [1.165, 1.54) is 115 Å². The average Bonchev–Trinajstić information content (AvgIpc) is 3.69. The van der Waals surface area contributed by atoms with Crippen LogP contribution in [0.3, 0.4) is 0 Å². The lowest BCUT2D eigenvalue weighted by Gasteiger charge is -2.65. The fourth-order valence-corrected chi connectivity index (χ4v) is 15.4. The highest BCUT2D eigenvalue weighted by atomic mass is 15.1. The molecule has 0 amide bonds. The highest BCUT2D eigenvalue weighted by Crippen LogP contribution is 2.71. The summed E-state index contributed by atoms with van der Waals surface area (Å²) in [5.74, 6) is 3.01. The van der Waals surface area contributed by atoms with Gasteiger partial charge in [-0.2, -0.15) is 0 Å². The number of hydrogen-bond donors (Lipinski definition) is 0. The molecule has 6 aliphatic rings. The molecule has 6 aliphatic carbocycles. The van der Waals surface area contributed by atoms with Crippen LogP contribution in [-0.2, 0) is 10.8 Å². The van der Waals surface area contributed by atoms with Gasteiger partial charge in [0.05, 0.1) is 11.1 Å². The Balaban J connectivity index is 0.936. The van der Waals surface area contributed by atoms with Crippen LogP contribution in [0.2, 0.25) is 0 Å². The first-order valence-corrected chi connectivity index (χ1v) is 25.1. The van der Waals surface area contributed by atoms with Crippen molar-refractivity contribution in [2.45, 2.75) is 42.9 Å². The van der Waals surface area contributed by atoms with Crippen molar-refractivity contribution < 1.29 is 0 Å². The van der Waals surface area contributed by atoms with Crippen molar-refractivity contribution in [3.63, 3.8) is 0 Å².